The van der Waals surface area contributed by atoms with Crippen LogP contribution in [0.3, 0.4) is 0 Å². The second-order valence-electron chi connectivity index (χ2n) is 3.43. The average molecular weight is 221 g/mol. The highest BCUT2D eigenvalue weighted by atomic mass is 19.1. The van der Waals surface area contributed by atoms with Crippen LogP contribution in [0.2, 0.25) is 0 Å². The minimum atomic E-state index is -1.43. The van der Waals surface area contributed by atoms with Crippen LogP contribution in [0.25, 0.3) is 5.52 Å². The number of carboxylic acid groups (broad SMARTS) is 1. The van der Waals surface area contributed by atoms with Crippen LogP contribution >= 0.6 is 0 Å². The van der Waals surface area contributed by atoms with Gasteiger partial charge >= 0.3 is 5.97 Å². The molecule has 0 bridgehead atoms. The molecule has 82 valence electrons. The van der Waals surface area contributed by atoms with Crippen molar-refractivity contribution in [1.29, 1.82) is 0 Å². The maximum Gasteiger partial charge on any atom is 0.341 e. The van der Waals surface area contributed by atoms with Crippen LogP contribution in [-0.4, -0.2) is 15.5 Å². The zero-order valence-corrected chi connectivity index (χ0v) is 8.40. The summed E-state index contributed by atoms with van der Waals surface area (Å²) in [4.78, 5) is 22.4. The maximum absolute atomic E-state index is 13.6. The average Bonchev–Trinajstić information content (AvgIpc) is 2.22. The minimum absolute atomic E-state index is 0.109. The number of nitrogens with zero attached hydrogens (tertiary/aromatic N) is 1. The van der Waals surface area contributed by atoms with E-state index in [4.69, 9.17) is 5.11 Å². The third-order valence-electron chi connectivity index (χ3n) is 2.37. The van der Waals surface area contributed by atoms with Crippen molar-refractivity contribution >= 4 is 11.5 Å². The molecular weight excluding hydrogens is 213 g/mol. The Morgan fingerprint density at radius 3 is 2.81 bits per heavy atom. The Labute approximate surface area is 89.6 Å². The van der Waals surface area contributed by atoms with E-state index in [-0.39, 0.29) is 5.52 Å². The summed E-state index contributed by atoms with van der Waals surface area (Å²) in [5, 5.41) is 8.74. The number of pyridine rings is 2. The Balaban J connectivity index is 3.02. The Bertz CT molecular complexity index is 645. The van der Waals surface area contributed by atoms with Crippen LogP contribution in [0.1, 0.15) is 15.9 Å². The van der Waals surface area contributed by atoms with Crippen LogP contribution in [-0.2, 0) is 0 Å². The fraction of sp³-hybridized carbons (Fsp3) is 0.0909. The fourth-order valence-corrected chi connectivity index (χ4v) is 1.63. The Kier molecular flexibility index (Phi) is 2.23. The fourth-order valence-electron chi connectivity index (χ4n) is 1.63. The number of fused-ring (bicyclic) bond motifs is 1. The number of aryl methyl sites for hydroxylation is 1. The van der Waals surface area contributed by atoms with Gasteiger partial charge in [0.2, 0.25) is 0 Å². The summed E-state index contributed by atoms with van der Waals surface area (Å²) in [6, 6.07) is 3.97. The first kappa shape index (κ1) is 10.4. The summed E-state index contributed by atoms with van der Waals surface area (Å²) in [6.45, 7) is 1.65. The third kappa shape index (κ3) is 1.37. The smallest absolute Gasteiger partial charge is 0.341 e. The topological polar surface area (TPSA) is 58.8 Å². The molecule has 0 saturated heterocycles. The van der Waals surface area contributed by atoms with E-state index in [1.165, 1.54) is 6.20 Å². The highest BCUT2D eigenvalue weighted by Gasteiger charge is 2.15. The van der Waals surface area contributed by atoms with Crippen molar-refractivity contribution in [2.45, 2.75) is 6.92 Å². The molecule has 0 aliphatic heterocycles. The minimum Gasteiger partial charge on any atom is -0.477 e. The molecule has 0 amide bonds. The van der Waals surface area contributed by atoms with Crippen molar-refractivity contribution in [3.8, 4) is 0 Å². The number of carboxylic acids is 1. The van der Waals surface area contributed by atoms with Crippen molar-refractivity contribution in [2.24, 2.45) is 0 Å². The Hall–Kier alpha value is -2.17. The molecule has 0 atom stereocenters. The molecule has 5 heteroatoms. The molecule has 0 unspecified atom stereocenters. The van der Waals surface area contributed by atoms with Crippen LogP contribution in [0.15, 0.2) is 29.2 Å². The van der Waals surface area contributed by atoms with E-state index >= 15 is 0 Å². The van der Waals surface area contributed by atoms with E-state index in [0.29, 0.717) is 5.56 Å². The van der Waals surface area contributed by atoms with E-state index in [2.05, 4.69) is 0 Å². The van der Waals surface area contributed by atoms with Crippen LogP contribution < -0.4 is 5.56 Å². The van der Waals surface area contributed by atoms with E-state index < -0.39 is 22.9 Å². The van der Waals surface area contributed by atoms with Crippen LogP contribution in [0.4, 0.5) is 4.39 Å². The van der Waals surface area contributed by atoms with Crippen molar-refractivity contribution in [1.82, 2.24) is 4.40 Å². The molecule has 0 aromatic carbocycles. The van der Waals surface area contributed by atoms with Crippen molar-refractivity contribution in [2.75, 3.05) is 0 Å². The summed E-state index contributed by atoms with van der Waals surface area (Å²) >= 11 is 0. The van der Waals surface area contributed by atoms with Gasteiger partial charge in [-0.1, -0.05) is 6.07 Å². The van der Waals surface area contributed by atoms with Gasteiger partial charge in [-0.05, 0) is 24.6 Å². The lowest BCUT2D eigenvalue weighted by Crippen LogP contribution is -2.23. The van der Waals surface area contributed by atoms with Gasteiger partial charge in [0.05, 0.1) is 5.52 Å². The van der Waals surface area contributed by atoms with Crippen molar-refractivity contribution < 1.29 is 14.3 Å². The second-order valence-corrected chi connectivity index (χ2v) is 3.43. The zero-order valence-electron chi connectivity index (χ0n) is 8.40. The number of aromatic carboxylic acids is 1. The lowest BCUT2D eigenvalue weighted by atomic mass is 10.2. The van der Waals surface area contributed by atoms with Crippen molar-refractivity contribution in [3.05, 3.63) is 51.7 Å². The summed E-state index contributed by atoms with van der Waals surface area (Å²) < 4.78 is 14.6. The van der Waals surface area contributed by atoms with E-state index in [9.17, 15) is 14.0 Å². The highest BCUT2D eigenvalue weighted by molar-refractivity contribution is 5.87. The lowest BCUT2D eigenvalue weighted by Gasteiger charge is -2.06. The number of carbonyl (C=O) groups is 1. The van der Waals surface area contributed by atoms with Gasteiger partial charge < -0.3 is 5.11 Å². The molecule has 0 aliphatic carbocycles. The first-order chi connectivity index (χ1) is 7.52. The summed E-state index contributed by atoms with van der Waals surface area (Å²) in [5.41, 5.74) is -0.611. The SMILES string of the molecule is Cc1cccn2c(=O)c(C(=O)O)cc(F)c12. The van der Waals surface area contributed by atoms with E-state index in [0.717, 1.165) is 10.5 Å². The molecule has 16 heavy (non-hydrogen) atoms. The van der Waals surface area contributed by atoms with E-state index in [1.807, 2.05) is 0 Å². The normalized spacial score (nSPS) is 10.6. The largest absolute Gasteiger partial charge is 0.477 e. The first-order valence-electron chi connectivity index (χ1n) is 4.56. The first-order valence-corrected chi connectivity index (χ1v) is 4.56. The number of rotatable bonds is 1. The van der Waals surface area contributed by atoms with Crippen LogP contribution in [0, 0.1) is 12.7 Å². The summed E-state index contributed by atoms with van der Waals surface area (Å²) in [6.07, 6.45) is 1.35. The van der Waals surface area contributed by atoms with Gasteiger partial charge in [-0.15, -0.1) is 0 Å². The predicted molar refractivity (Wildman–Crippen MR) is 55.3 cm³/mol. The number of hydrogen-bond acceptors (Lipinski definition) is 2. The molecule has 0 aliphatic rings. The number of hydrogen-bond donors (Lipinski definition) is 1. The quantitative estimate of drug-likeness (QED) is 0.792. The third-order valence-corrected chi connectivity index (χ3v) is 2.37. The van der Waals surface area contributed by atoms with Crippen molar-refractivity contribution in [3.63, 3.8) is 0 Å². The highest BCUT2D eigenvalue weighted by Crippen LogP contribution is 2.13. The zero-order chi connectivity index (χ0) is 11.9. The second kappa shape index (κ2) is 3.44. The monoisotopic (exact) mass is 221 g/mol. The predicted octanol–water partition coefficient (Wildman–Crippen LogP) is 1.45. The summed E-state index contributed by atoms with van der Waals surface area (Å²) in [7, 11) is 0. The van der Waals surface area contributed by atoms with Gasteiger partial charge in [0, 0.05) is 6.20 Å². The number of halogens is 1. The molecule has 0 radical (unpaired) electrons. The molecule has 4 nitrogen and oxygen atoms in total. The molecule has 2 aromatic heterocycles. The van der Waals surface area contributed by atoms with Gasteiger partial charge in [0.15, 0.2) is 0 Å². The van der Waals surface area contributed by atoms with Gasteiger partial charge in [0.25, 0.3) is 5.56 Å². The standard InChI is InChI=1S/C11H8FNO3/c1-6-3-2-4-13-9(6)8(12)5-7(10(13)14)11(15)16/h2-5H,1H3,(H,15,16). The molecule has 0 fully saturated rings. The molecule has 0 saturated carbocycles. The molecule has 2 aromatic rings. The maximum atomic E-state index is 13.6. The van der Waals surface area contributed by atoms with Crippen LogP contribution in [0.5, 0.6) is 0 Å². The Morgan fingerprint density at radius 2 is 2.19 bits per heavy atom. The lowest BCUT2D eigenvalue weighted by molar-refractivity contribution is 0.0694. The molecule has 1 N–H and O–H groups in total. The van der Waals surface area contributed by atoms with Gasteiger partial charge in [-0.3, -0.25) is 9.20 Å². The Morgan fingerprint density at radius 1 is 1.50 bits per heavy atom. The number of aromatic nitrogens is 1. The molecule has 0 spiro atoms. The van der Waals surface area contributed by atoms with Gasteiger partial charge in [0.1, 0.15) is 11.4 Å². The van der Waals surface area contributed by atoms with Gasteiger partial charge in [-0.2, -0.15) is 0 Å². The summed E-state index contributed by atoms with van der Waals surface area (Å²) in [5.74, 6) is -2.14. The molecule has 2 rings (SSSR count). The molecule has 2 heterocycles. The van der Waals surface area contributed by atoms with E-state index in [1.54, 1.807) is 19.1 Å². The van der Waals surface area contributed by atoms with Gasteiger partial charge in [-0.25, -0.2) is 9.18 Å². The molecular formula is C11H8FNO3.